The smallest absolute Gasteiger partial charge is 0.201 e. The minimum absolute atomic E-state index is 0.176. The molecule has 5 heteroatoms. The zero-order chi connectivity index (χ0) is 13.1. The number of hydrogen-bond acceptors (Lipinski definition) is 2. The van der Waals surface area contributed by atoms with Gasteiger partial charge in [-0.05, 0) is 29.9 Å². The molecule has 1 aliphatic carbocycles. The zero-order valence-electron chi connectivity index (χ0n) is 10.4. The number of aromatic nitrogens is 2. The molecule has 0 bridgehead atoms. The molecule has 3 nitrogen and oxygen atoms in total. The molecule has 2 aromatic rings. The topological polar surface area (TPSA) is 43.8 Å². The fraction of sp³-hybridized carbons (Fsp3) is 0.462. The Morgan fingerprint density at radius 1 is 1.44 bits per heavy atom. The van der Waals surface area contributed by atoms with Crippen molar-refractivity contribution in [1.82, 2.24) is 9.55 Å². The lowest BCUT2D eigenvalue weighted by Crippen LogP contribution is -2.08. The molecule has 1 aromatic carbocycles. The molecule has 1 heterocycles. The Kier molecular flexibility index (Phi) is 2.18. The molecule has 1 aliphatic rings. The van der Waals surface area contributed by atoms with Crippen LogP contribution in [0.3, 0.4) is 0 Å². The lowest BCUT2D eigenvalue weighted by molar-refractivity contribution is 0.491. The van der Waals surface area contributed by atoms with Crippen molar-refractivity contribution in [3.05, 3.63) is 23.8 Å². The van der Waals surface area contributed by atoms with Crippen LogP contribution in [-0.4, -0.2) is 9.55 Å². The van der Waals surface area contributed by atoms with Gasteiger partial charge in [-0.25, -0.2) is 13.8 Å². The van der Waals surface area contributed by atoms with Gasteiger partial charge in [0.2, 0.25) is 5.95 Å². The molecule has 3 rings (SSSR count). The lowest BCUT2D eigenvalue weighted by Gasteiger charge is -2.08. The van der Waals surface area contributed by atoms with Crippen molar-refractivity contribution in [2.75, 3.05) is 5.73 Å². The first-order valence-corrected chi connectivity index (χ1v) is 6.00. The van der Waals surface area contributed by atoms with Crippen molar-refractivity contribution in [3.8, 4) is 0 Å². The monoisotopic (exact) mass is 251 g/mol. The van der Waals surface area contributed by atoms with Gasteiger partial charge in [0.05, 0.1) is 5.52 Å². The van der Waals surface area contributed by atoms with Crippen LogP contribution in [0.2, 0.25) is 0 Å². The molecule has 0 saturated heterocycles. The largest absolute Gasteiger partial charge is 0.369 e. The van der Waals surface area contributed by atoms with Crippen LogP contribution in [-0.2, 0) is 6.54 Å². The molecule has 1 aromatic heterocycles. The Hall–Kier alpha value is -1.65. The normalized spacial score (nSPS) is 21.4. The van der Waals surface area contributed by atoms with E-state index in [-0.39, 0.29) is 16.9 Å². The maximum Gasteiger partial charge on any atom is 0.201 e. The van der Waals surface area contributed by atoms with E-state index in [2.05, 4.69) is 18.8 Å². The van der Waals surface area contributed by atoms with E-state index < -0.39 is 11.6 Å². The van der Waals surface area contributed by atoms with Gasteiger partial charge in [-0.1, -0.05) is 13.8 Å². The summed E-state index contributed by atoms with van der Waals surface area (Å²) in [4.78, 5) is 4.08. The fourth-order valence-corrected chi connectivity index (χ4v) is 2.47. The third-order valence-corrected chi connectivity index (χ3v) is 3.95. The molecule has 96 valence electrons. The number of halogens is 2. The van der Waals surface area contributed by atoms with Crippen molar-refractivity contribution in [1.29, 1.82) is 0 Å². The van der Waals surface area contributed by atoms with E-state index in [9.17, 15) is 8.78 Å². The predicted octanol–water partition coefficient (Wildman–Crippen LogP) is 2.94. The Labute approximate surface area is 104 Å². The van der Waals surface area contributed by atoms with Crippen LogP contribution in [0.1, 0.15) is 20.3 Å². The quantitative estimate of drug-likeness (QED) is 0.891. The molecule has 1 unspecified atom stereocenters. The summed E-state index contributed by atoms with van der Waals surface area (Å²) >= 11 is 0. The number of hydrogen-bond donors (Lipinski definition) is 1. The first kappa shape index (κ1) is 11.4. The second-order valence-corrected chi connectivity index (χ2v) is 5.70. The molecular formula is C13H15F2N3. The zero-order valence-corrected chi connectivity index (χ0v) is 10.4. The van der Waals surface area contributed by atoms with Crippen LogP contribution in [0.15, 0.2) is 12.1 Å². The van der Waals surface area contributed by atoms with Crippen LogP contribution in [0.4, 0.5) is 14.7 Å². The van der Waals surface area contributed by atoms with Crippen molar-refractivity contribution in [2.45, 2.75) is 26.8 Å². The van der Waals surface area contributed by atoms with Crippen LogP contribution in [0.25, 0.3) is 11.0 Å². The van der Waals surface area contributed by atoms with Gasteiger partial charge >= 0.3 is 0 Å². The number of anilines is 1. The second kappa shape index (κ2) is 3.43. The molecule has 18 heavy (non-hydrogen) atoms. The average molecular weight is 251 g/mol. The summed E-state index contributed by atoms with van der Waals surface area (Å²) in [6.45, 7) is 4.91. The highest BCUT2D eigenvalue weighted by Crippen LogP contribution is 2.52. The van der Waals surface area contributed by atoms with Gasteiger partial charge in [-0.3, -0.25) is 0 Å². The van der Waals surface area contributed by atoms with E-state index in [1.165, 1.54) is 6.07 Å². The summed E-state index contributed by atoms with van der Waals surface area (Å²) in [5, 5.41) is 0. The van der Waals surface area contributed by atoms with E-state index in [0.29, 0.717) is 18.0 Å². The number of nitrogens with zero attached hydrogens (tertiary/aromatic N) is 2. The van der Waals surface area contributed by atoms with E-state index in [1.54, 1.807) is 4.57 Å². The van der Waals surface area contributed by atoms with Crippen molar-refractivity contribution in [3.63, 3.8) is 0 Å². The first-order chi connectivity index (χ1) is 8.40. The van der Waals surface area contributed by atoms with Crippen LogP contribution < -0.4 is 5.73 Å². The molecule has 2 N–H and O–H groups in total. The van der Waals surface area contributed by atoms with Gasteiger partial charge in [-0.2, -0.15) is 0 Å². The highest BCUT2D eigenvalue weighted by molar-refractivity contribution is 5.79. The standard InChI is InChI=1S/C13H15F2N3/c1-13(2)5-7(13)6-18-11-9(17-12(18)16)4-3-8(14)10(11)15/h3-4,7H,5-6H2,1-2H3,(H2,16,17). The number of imidazole rings is 1. The van der Waals surface area contributed by atoms with E-state index in [1.807, 2.05) is 0 Å². The number of rotatable bonds is 2. The highest BCUT2D eigenvalue weighted by Gasteiger charge is 2.45. The van der Waals surface area contributed by atoms with Gasteiger partial charge in [0.25, 0.3) is 0 Å². The van der Waals surface area contributed by atoms with E-state index in [4.69, 9.17) is 5.73 Å². The maximum absolute atomic E-state index is 13.8. The minimum Gasteiger partial charge on any atom is -0.369 e. The van der Waals surface area contributed by atoms with Gasteiger partial charge in [0, 0.05) is 6.54 Å². The van der Waals surface area contributed by atoms with E-state index in [0.717, 1.165) is 12.5 Å². The maximum atomic E-state index is 13.8. The molecule has 0 amide bonds. The second-order valence-electron chi connectivity index (χ2n) is 5.70. The summed E-state index contributed by atoms with van der Waals surface area (Å²) in [5.41, 5.74) is 6.64. The number of nitrogen functional groups attached to an aromatic ring is 1. The third-order valence-electron chi connectivity index (χ3n) is 3.95. The average Bonchev–Trinajstić information content (AvgIpc) is 2.75. The summed E-state index contributed by atoms with van der Waals surface area (Å²) in [7, 11) is 0. The fourth-order valence-electron chi connectivity index (χ4n) is 2.47. The number of fused-ring (bicyclic) bond motifs is 1. The summed E-state index contributed by atoms with van der Waals surface area (Å²) in [6.07, 6.45) is 1.07. The molecule has 1 fully saturated rings. The van der Waals surface area contributed by atoms with Gasteiger partial charge < -0.3 is 10.3 Å². The molecule has 1 atom stereocenters. The Bertz CT molecular complexity index is 631. The highest BCUT2D eigenvalue weighted by atomic mass is 19.2. The predicted molar refractivity (Wildman–Crippen MR) is 65.9 cm³/mol. The van der Waals surface area contributed by atoms with Gasteiger partial charge in [0.15, 0.2) is 11.6 Å². The van der Waals surface area contributed by atoms with Crippen molar-refractivity contribution >= 4 is 17.0 Å². The third kappa shape index (κ3) is 1.57. The summed E-state index contributed by atoms with van der Waals surface area (Å²) in [5.74, 6) is -1.04. The summed E-state index contributed by atoms with van der Waals surface area (Å²) < 4.78 is 28.7. The van der Waals surface area contributed by atoms with Gasteiger partial charge in [0.1, 0.15) is 5.52 Å². The van der Waals surface area contributed by atoms with Crippen LogP contribution in [0.5, 0.6) is 0 Å². The van der Waals surface area contributed by atoms with Gasteiger partial charge in [-0.15, -0.1) is 0 Å². The SMILES string of the molecule is CC1(C)CC1Cn1c(N)nc2ccc(F)c(F)c21. The van der Waals surface area contributed by atoms with E-state index >= 15 is 0 Å². The Balaban J connectivity index is 2.10. The lowest BCUT2D eigenvalue weighted by atomic mass is 10.1. The van der Waals surface area contributed by atoms with Crippen LogP contribution in [0, 0.1) is 23.0 Å². The molecule has 0 aliphatic heterocycles. The first-order valence-electron chi connectivity index (χ1n) is 6.00. The van der Waals surface area contributed by atoms with Crippen molar-refractivity contribution < 1.29 is 8.78 Å². The molecule has 0 radical (unpaired) electrons. The Morgan fingerprint density at radius 2 is 2.11 bits per heavy atom. The van der Waals surface area contributed by atoms with Crippen molar-refractivity contribution in [2.24, 2.45) is 11.3 Å². The van der Waals surface area contributed by atoms with Crippen LogP contribution >= 0.6 is 0 Å². The number of benzene rings is 1. The minimum atomic E-state index is -0.866. The molecule has 0 spiro atoms. The summed E-state index contributed by atoms with van der Waals surface area (Å²) in [6, 6.07) is 2.54. The molecular weight excluding hydrogens is 236 g/mol. The Morgan fingerprint density at radius 3 is 2.72 bits per heavy atom. The number of nitrogens with two attached hydrogens (primary N) is 1. The molecule has 1 saturated carbocycles.